The number of aryl methyl sites for hydroxylation is 1. The Labute approximate surface area is 96.7 Å². The monoisotopic (exact) mass is 223 g/mol. The van der Waals surface area contributed by atoms with Gasteiger partial charge in [-0.15, -0.1) is 0 Å². The number of hydrogen-bond donors (Lipinski definition) is 1. The van der Waals surface area contributed by atoms with Crippen LogP contribution < -0.4 is 5.73 Å². The molecular weight excluding hydrogens is 202 g/mol. The first-order chi connectivity index (χ1) is 7.27. The van der Waals surface area contributed by atoms with Crippen molar-refractivity contribution in [2.75, 3.05) is 0 Å². The van der Waals surface area contributed by atoms with E-state index in [1.807, 2.05) is 0 Å². The quantitative estimate of drug-likeness (QED) is 0.831. The van der Waals surface area contributed by atoms with Gasteiger partial charge in [0.05, 0.1) is 0 Å². The van der Waals surface area contributed by atoms with Gasteiger partial charge in [-0.2, -0.15) is 11.3 Å². The van der Waals surface area contributed by atoms with Crippen LogP contribution >= 0.6 is 11.3 Å². The second-order valence-electron chi connectivity index (χ2n) is 4.91. The zero-order chi connectivity index (χ0) is 10.7. The summed E-state index contributed by atoms with van der Waals surface area (Å²) in [5.74, 6) is 1.63. The highest BCUT2D eigenvalue weighted by molar-refractivity contribution is 7.07. The van der Waals surface area contributed by atoms with E-state index in [0.717, 1.165) is 24.7 Å². The van der Waals surface area contributed by atoms with E-state index in [-0.39, 0.29) is 0 Å². The highest BCUT2D eigenvalue weighted by Crippen LogP contribution is 2.34. The lowest BCUT2D eigenvalue weighted by atomic mass is 9.88. The van der Waals surface area contributed by atoms with Gasteiger partial charge in [0, 0.05) is 6.04 Å². The van der Waals surface area contributed by atoms with E-state index in [4.69, 9.17) is 5.73 Å². The summed E-state index contributed by atoms with van der Waals surface area (Å²) in [5.41, 5.74) is 7.75. The van der Waals surface area contributed by atoms with Crippen molar-refractivity contribution < 1.29 is 0 Å². The maximum atomic E-state index is 6.29. The summed E-state index contributed by atoms with van der Waals surface area (Å²) in [5, 5.41) is 4.39. The molecule has 3 atom stereocenters. The van der Waals surface area contributed by atoms with E-state index in [2.05, 4.69) is 23.8 Å². The number of rotatable bonds is 4. The zero-order valence-electron chi connectivity index (χ0n) is 9.49. The predicted molar refractivity (Wildman–Crippen MR) is 67.1 cm³/mol. The second-order valence-corrected chi connectivity index (χ2v) is 5.69. The summed E-state index contributed by atoms with van der Waals surface area (Å²) >= 11 is 1.78. The van der Waals surface area contributed by atoms with Crippen molar-refractivity contribution in [3.8, 4) is 0 Å². The standard InChI is InChI=1S/C13H21NS/c1-10-3-2-4-12(10)13(14)6-5-11-7-8-15-9-11/h7-10,12-13H,2-6,14H2,1H3. The summed E-state index contributed by atoms with van der Waals surface area (Å²) in [6, 6.07) is 2.64. The molecule has 1 heterocycles. The summed E-state index contributed by atoms with van der Waals surface area (Å²) in [6.45, 7) is 2.36. The van der Waals surface area contributed by atoms with E-state index in [1.165, 1.54) is 24.8 Å². The van der Waals surface area contributed by atoms with Gasteiger partial charge in [0.15, 0.2) is 0 Å². The van der Waals surface area contributed by atoms with Crippen LogP contribution in [0.3, 0.4) is 0 Å². The minimum atomic E-state index is 0.419. The average Bonchev–Trinajstić information content (AvgIpc) is 2.84. The van der Waals surface area contributed by atoms with Crippen molar-refractivity contribution >= 4 is 11.3 Å². The van der Waals surface area contributed by atoms with Crippen LogP contribution in [0.1, 0.15) is 38.2 Å². The van der Waals surface area contributed by atoms with Gasteiger partial charge in [-0.3, -0.25) is 0 Å². The first-order valence-corrected chi connectivity index (χ1v) is 6.98. The predicted octanol–water partition coefficient (Wildman–Crippen LogP) is 3.44. The van der Waals surface area contributed by atoms with Gasteiger partial charge in [0.1, 0.15) is 0 Å². The first kappa shape index (κ1) is 11.2. The normalized spacial score (nSPS) is 28.1. The van der Waals surface area contributed by atoms with E-state index < -0.39 is 0 Å². The molecule has 0 aliphatic heterocycles. The number of thiophene rings is 1. The molecule has 1 aliphatic rings. The van der Waals surface area contributed by atoms with Crippen LogP contribution in [0, 0.1) is 11.8 Å². The minimum absolute atomic E-state index is 0.419. The Bertz CT molecular complexity index is 281. The molecule has 1 aliphatic carbocycles. The van der Waals surface area contributed by atoms with Crippen LogP contribution in [0.2, 0.25) is 0 Å². The fraction of sp³-hybridized carbons (Fsp3) is 0.692. The van der Waals surface area contributed by atoms with Crippen LogP contribution in [0.15, 0.2) is 16.8 Å². The lowest BCUT2D eigenvalue weighted by Crippen LogP contribution is -2.32. The summed E-state index contributed by atoms with van der Waals surface area (Å²) < 4.78 is 0. The van der Waals surface area contributed by atoms with Gasteiger partial charge >= 0.3 is 0 Å². The third-order valence-corrected chi connectivity index (χ3v) is 4.56. The molecule has 0 spiro atoms. The van der Waals surface area contributed by atoms with Crippen molar-refractivity contribution in [1.29, 1.82) is 0 Å². The molecule has 0 amide bonds. The van der Waals surface area contributed by atoms with E-state index in [0.29, 0.717) is 6.04 Å². The third-order valence-electron chi connectivity index (χ3n) is 3.82. The van der Waals surface area contributed by atoms with Gasteiger partial charge in [0.2, 0.25) is 0 Å². The second kappa shape index (κ2) is 5.13. The third kappa shape index (κ3) is 2.82. The molecule has 1 aromatic rings. The molecule has 84 valence electrons. The molecule has 1 fully saturated rings. The molecule has 0 bridgehead atoms. The van der Waals surface area contributed by atoms with Crippen LogP contribution in [0.4, 0.5) is 0 Å². The fourth-order valence-corrected chi connectivity index (χ4v) is 3.50. The van der Waals surface area contributed by atoms with Crippen molar-refractivity contribution in [1.82, 2.24) is 0 Å². The molecule has 0 saturated heterocycles. The minimum Gasteiger partial charge on any atom is -0.327 e. The molecule has 15 heavy (non-hydrogen) atoms. The Morgan fingerprint density at radius 3 is 3.00 bits per heavy atom. The number of nitrogens with two attached hydrogens (primary N) is 1. The van der Waals surface area contributed by atoms with Gasteiger partial charge in [-0.1, -0.05) is 19.8 Å². The molecule has 2 heteroatoms. The Morgan fingerprint density at radius 1 is 1.53 bits per heavy atom. The van der Waals surface area contributed by atoms with Crippen molar-refractivity contribution in [2.45, 2.75) is 45.1 Å². The zero-order valence-corrected chi connectivity index (χ0v) is 10.3. The van der Waals surface area contributed by atoms with Gasteiger partial charge in [-0.05, 0) is 53.5 Å². The maximum Gasteiger partial charge on any atom is 0.00728 e. The molecule has 1 saturated carbocycles. The lowest BCUT2D eigenvalue weighted by Gasteiger charge is -2.23. The largest absolute Gasteiger partial charge is 0.327 e. The van der Waals surface area contributed by atoms with Crippen molar-refractivity contribution in [3.05, 3.63) is 22.4 Å². The van der Waals surface area contributed by atoms with Gasteiger partial charge in [-0.25, -0.2) is 0 Å². The van der Waals surface area contributed by atoms with Gasteiger partial charge in [0.25, 0.3) is 0 Å². The Balaban J connectivity index is 1.79. The topological polar surface area (TPSA) is 26.0 Å². The Hall–Kier alpha value is -0.340. The van der Waals surface area contributed by atoms with Crippen molar-refractivity contribution in [2.24, 2.45) is 17.6 Å². The van der Waals surface area contributed by atoms with E-state index in [1.54, 1.807) is 11.3 Å². The molecule has 0 aromatic carbocycles. The lowest BCUT2D eigenvalue weighted by molar-refractivity contribution is 0.332. The number of hydrogen-bond acceptors (Lipinski definition) is 2. The molecule has 2 rings (SSSR count). The molecular formula is C13H21NS. The van der Waals surface area contributed by atoms with Crippen LogP contribution in [0.5, 0.6) is 0 Å². The fourth-order valence-electron chi connectivity index (χ4n) is 2.79. The smallest absolute Gasteiger partial charge is 0.00728 e. The summed E-state index contributed by atoms with van der Waals surface area (Å²) in [6.07, 6.45) is 6.44. The average molecular weight is 223 g/mol. The molecule has 2 N–H and O–H groups in total. The molecule has 0 radical (unpaired) electrons. The highest BCUT2D eigenvalue weighted by atomic mass is 32.1. The SMILES string of the molecule is CC1CCCC1C(N)CCc1ccsc1. The maximum absolute atomic E-state index is 6.29. The first-order valence-electron chi connectivity index (χ1n) is 6.04. The molecule has 1 nitrogen and oxygen atoms in total. The van der Waals surface area contributed by atoms with Crippen LogP contribution in [0.25, 0.3) is 0 Å². The molecule has 3 unspecified atom stereocenters. The van der Waals surface area contributed by atoms with Crippen LogP contribution in [-0.4, -0.2) is 6.04 Å². The molecule has 1 aromatic heterocycles. The summed E-state index contributed by atoms with van der Waals surface area (Å²) in [7, 11) is 0. The van der Waals surface area contributed by atoms with Crippen LogP contribution in [-0.2, 0) is 6.42 Å². The van der Waals surface area contributed by atoms with Gasteiger partial charge < -0.3 is 5.73 Å². The Kier molecular flexibility index (Phi) is 3.81. The summed E-state index contributed by atoms with van der Waals surface area (Å²) in [4.78, 5) is 0. The van der Waals surface area contributed by atoms with Crippen molar-refractivity contribution in [3.63, 3.8) is 0 Å². The van der Waals surface area contributed by atoms with E-state index >= 15 is 0 Å². The van der Waals surface area contributed by atoms with E-state index in [9.17, 15) is 0 Å². The highest BCUT2D eigenvalue weighted by Gasteiger charge is 2.28. The Morgan fingerprint density at radius 2 is 2.40 bits per heavy atom.